The number of rotatable bonds is 4. The maximum absolute atomic E-state index is 12.2. The highest BCUT2D eigenvalue weighted by molar-refractivity contribution is 7.12. The van der Waals surface area contributed by atoms with Crippen molar-refractivity contribution in [2.75, 3.05) is 53.4 Å². The molecular weight excluding hydrogens is 288 g/mol. The van der Waals surface area contributed by atoms with Gasteiger partial charge in [-0.05, 0) is 11.4 Å². The molecule has 2 rings (SSSR count). The van der Waals surface area contributed by atoms with Gasteiger partial charge in [0, 0.05) is 53.4 Å². The topological polar surface area (TPSA) is 55.9 Å². The number of thiophene rings is 1. The molecule has 7 heteroatoms. The summed E-state index contributed by atoms with van der Waals surface area (Å²) in [6.45, 7) is 4.66. The maximum Gasteiger partial charge on any atom is 0.316 e. The monoisotopic (exact) mass is 310 g/mol. The highest BCUT2D eigenvalue weighted by Gasteiger charge is 2.22. The Balaban J connectivity index is 1.69. The molecule has 3 amide bonds. The Morgan fingerprint density at radius 1 is 1.29 bits per heavy atom. The highest BCUT2D eigenvalue weighted by Crippen LogP contribution is 2.13. The number of hydrogen-bond donors (Lipinski definition) is 1. The van der Waals surface area contributed by atoms with E-state index in [1.54, 1.807) is 14.1 Å². The van der Waals surface area contributed by atoms with Crippen molar-refractivity contribution in [3.63, 3.8) is 0 Å². The number of nitrogens with zero attached hydrogens (tertiary/aromatic N) is 3. The van der Waals surface area contributed by atoms with Crippen molar-refractivity contribution in [1.29, 1.82) is 0 Å². The molecule has 116 valence electrons. The van der Waals surface area contributed by atoms with Crippen LogP contribution in [0.2, 0.25) is 0 Å². The largest absolute Gasteiger partial charge is 0.337 e. The molecule has 1 saturated heterocycles. The van der Waals surface area contributed by atoms with Crippen LogP contribution in [0.5, 0.6) is 0 Å². The molecule has 1 aliphatic heterocycles. The van der Waals surface area contributed by atoms with Gasteiger partial charge < -0.3 is 15.1 Å². The van der Waals surface area contributed by atoms with Gasteiger partial charge in [0.05, 0.1) is 4.88 Å². The standard InChI is InChI=1S/C14H22N4O2S/c1-16(2)14(20)15-5-6-17-7-9-18(10-8-17)13(19)12-4-3-11-21-12/h3-4,11H,5-10H2,1-2H3,(H,15,20). The number of hydrogen-bond acceptors (Lipinski definition) is 4. The van der Waals surface area contributed by atoms with Crippen LogP contribution in [0, 0.1) is 0 Å². The third-order valence-corrected chi connectivity index (χ3v) is 4.36. The van der Waals surface area contributed by atoms with Crippen LogP contribution in [0.4, 0.5) is 4.79 Å². The number of carbonyl (C=O) groups excluding carboxylic acids is 2. The fraction of sp³-hybridized carbons (Fsp3) is 0.571. The van der Waals surface area contributed by atoms with Gasteiger partial charge >= 0.3 is 6.03 Å². The molecule has 1 aromatic heterocycles. The second kappa shape index (κ2) is 7.42. The molecule has 1 aliphatic rings. The van der Waals surface area contributed by atoms with E-state index in [1.165, 1.54) is 16.2 Å². The second-order valence-electron chi connectivity index (χ2n) is 5.24. The van der Waals surface area contributed by atoms with Crippen molar-refractivity contribution < 1.29 is 9.59 Å². The van der Waals surface area contributed by atoms with Crippen LogP contribution in [-0.2, 0) is 0 Å². The van der Waals surface area contributed by atoms with E-state index in [-0.39, 0.29) is 11.9 Å². The summed E-state index contributed by atoms with van der Waals surface area (Å²) in [5.74, 6) is 0.130. The smallest absolute Gasteiger partial charge is 0.316 e. The molecule has 0 atom stereocenters. The molecule has 0 saturated carbocycles. The third kappa shape index (κ3) is 4.44. The minimum atomic E-state index is -0.0680. The maximum atomic E-state index is 12.2. The molecular formula is C14H22N4O2S. The third-order valence-electron chi connectivity index (χ3n) is 3.50. The van der Waals surface area contributed by atoms with Crippen LogP contribution >= 0.6 is 11.3 Å². The fourth-order valence-electron chi connectivity index (χ4n) is 2.21. The number of piperazine rings is 1. The normalized spacial score (nSPS) is 15.8. The number of amides is 3. The van der Waals surface area contributed by atoms with E-state index in [1.807, 2.05) is 22.4 Å². The Morgan fingerprint density at radius 2 is 2.00 bits per heavy atom. The van der Waals surface area contributed by atoms with Gasteiger partial charge in [0.15, 0.2) is 0 Å². The lowest BCUT2D eigenvalue weighted by atomic mass is 10.3. The van der Waals surface area contributed by atoms with Crippen LogP contribution in [0.3, 0.4) is 0 Å². The predicted molar refractivity (Wildman–Crippen MR) is 83.7 cm³/mol. The molecule has 1 aromatic rings. The lowest BCUT2D eigenvalue weighted by Crippen LogP contribution is -2.50. The van der Waals surface area contributed by atoms with Crippen LogP contribution < -0.4 is 5.32 Å². The Morgan fingerprint density at radius 3 is 2.57 bits per heavy atom. The van der Waals surface area contributed by atoms with Gasteiger partial charge in [-0.2, -0.15) is 0 Å². The van der Waals surface area contributed by atoms with E-state index in [0.29, 0.717) is 6.54 Å². The lowest BCUT2D eigenvalue weighted by Gasteiger charge is -2.34. The summed E-state index contributed by atoms with van der Waals surface area (Å²) in [4.78, 5) is 30.1. The Kier molecular flexibility index (Phi) is 5.58. The van der Waals surface area contributed by atoms with Crippen molar-refractivity contribution in [3.05, 3.63) is 22.4 Å². The van der Waals surface area contributed by atoms with Crippen LogP contribution in [0.1, 0.15) is 9.67 Å². The van der Waals surface area contributed by atoms with E-state index >= 15 is 0 Å². The van der Waals surface area contributed by atoms with E-state index in [0.717, 1.165) is 37.6 Å². The van der Waals surface area contributed by atoms with Crippen molar-refractivity contribution in [2.24, 2.45) is 0 Å². The van der Waals surface area contributed by atoms with E-state index in [2.05, 4.69) is 10.2 Å². The minimum absolute atomic E-state index is 0.0680. The van der Waals surface area contributed by atoms with Crippen LogP contribution in [-0.4, -0.2) is 80.0 Å². The molecule has 0 unspecified atom stereocenters. The molecule has 0 bridgehead atoms. The van der Waals surface area contributed by atoms with Crippen LogP contribution in [0.15, 0.2) is 17.5 Å². The first kappa shape index (κ1) is 15.8. The molecule has 0 spiro atoms. The van der Waals surface area contributed by atoms with E-state index < -0.39 is 0 Å². The first-order valence-electron chi connectivity index (χ1n) is 7.08. The molecule has 2 heterocycles. The predicted octanol–water partition coefficient (Wildman–Crippen LogP) is 0.777. The highest BCUT2D eigenvalue weighted by atomic mass is 32.1. The van der Waals surface area contributed by atoms with Crippen molar-refractivity contribution in [2.45, 2.75) is 0 Å². The summed E-state index contributed by atoms with van der Waals surface area (Å²) < 4.78 is 0. The summed E-state index contributed by atoms with van der Waals surface area (Å²) >= 11 is 1.49. The van der Waals surface area contributed by atoms with Crippen molar-refractivity contribution in [1.82, 2.24) is 20.0 Å². The average Bonchev–Trinajstić information content (AvgIpc) is 3.01. The van der Waals surface area contributed by atoms with Gasteiger partial charge in [-0.25, -0.2) is 4.79 Å². The van der Waals surface area contributed by atoms with E-state index in [9.17, 15) is 9.59 Å². The zero-order valence-corrected chi connectivity index (χ0v) is 13.4. The van der Waals surface area contributed by atoms with Gasteiger partial charge in [-0.3, -0.25) is 9.69 Å². The zero-order valence-electron chi connectivity index (χ0n) is 12.5. The molecule has 1 N–H and O–H groups in total. The molecule has 0 aliphatic carbocycles. The summed E-state index contributed by atoms with van der Waals surface area (Å²) in [5.41, 5.74) is 0. The van der Waals surface area contributed by atoms with Gasteiger partial charge in [-0.15, -0.1) is 11.3 Å². The molecule has 21 heavy (non-hydrogen) atoms. The fourth-order valence-corrected chi connectivity index (χ4v) is 2.90. The number of carbonyl (C=O) groups is 2. The number of urea groups is 1. The van der Waals surface area contributed by atoms with E-state index in [4.69, 9.17) is 0 Å². The van der Waals surface area contributed by atoms with Crippen LogP contribution in [0.25, 0.3) is 0 Å². The minimum Gasteiger partial charge on any atom is -0.337 e. The summed E-state index contributed by atoms with van der Waals surface area (Å²) in [6.07, 6.45) is 0. The van der Waals surface area contributed by atoms with Gasteiger partial charge in [0.25, 0.3) is 5.91 Å². The summed E-state index contributed by atoms with van der Waals surface area (Å²) in [5, 5.41) is 4.78. The Labute approximate surface area is 129 Å². The zero-order chi connectivity index (χ0) is 15.2. The van der Waals surface area contributed by atoms with Gasteiger partial charge in [0.2, 0.25) is 0 Å². The second-order valence-corrected chi connectivity index (χ2v) is 6.19. The first-order valence-corrected chi connectivity index (χ1v) is 7.96. The van der Waals surface area contributed by atoms with Crippen molar-refractivity contribution >= 4 is 23.3 Å². The molecule has 0 radical (unpaired) electrons. The SMILES string of the molecule is CN(C)C(=O)NCCN1CCN(C(=O)c2cccs2)CC1. The Bertz CT molecular complexity index is 467. The summed E-state index contributed by atoms with van der Waals surface area (Å²) in [6, 6.07) is 3.71. The van der Waals surface area contributed by atoms with Gasteiger partial charge in [-0.1, -0.05) is 6.07 Å². The lowest BCUT2D eigenvalue weighted by molar-refractivity contribution is 0.0644. The molecule has 6 nitrogen and oxygen atoms in total. The van der Waals surface area contributed by atoms with Crippen molar-refractivity contribution in [3.8, 4) is 0 Å². The summed E-state index contributed by atoms with van der Waals surface area (Å²) in [7, 11) is 3.45. The number of nitrogens with one attached hydrogen (secondary N) is 1. The van der Waals surface area contributed by atoms with Gasteiger partial charge in [0.1, 0.15) is 0 Å². The average molecular weight is 310 g/mol. The Hall–Kier alpha value is -1.60. The molecule has 0 aromatic carbocycles. The quantitative estimate of drug-likeness (QED) is 0.894. The first-order chi connectivity index (χ1) is 10.1. The molecule has 1 fully saturated rings.